The van der Waals surface area contributed by atoms with E-state index in [2.05, 4.69) is 9.80 Å². The molecule has 1 aromatic rings. The fourth-order valence-corrected chi connectivity index (χ4v) is 3.63. The van der Waals surface area contributed by atoms with Gasteiger partial charge in [-0.1, -0.05) is 12.5 Å². The molecule has 0 aromatic heterocycles. The lowest BCUT2D eigenvalue weighted by atomic mass is 9.90. The molecule has 1 atom stereocenters. The van der Waals surface area contributed by atoms with Gasteiger partial charge >= 0.3 is 0 Å². The molecular weight excluding hydrogens is 295 g/mol. The van der Waals surface area contributed by atoms with E-state index in [1.54, 1.807) is 7.11 Å². The first kappa shape index (κ1) is 16.7. The van der Waals surface area contributed by atoms with E-state index in [1.807, 2.05) is 12.1 Å². The summed E-state index contributed by atoms with van der Waals surface area (Å²) in [5.74, 6) is 0.335. The third kappa shape index (κ3) is 3.84. The van der Waals surface area contributed by atoms with Crippen molar-refractivity contribution in [2.45, 2.75) is 44.3 Å². The number of halogens is 1. The summed E-state index contributed by atoms with van der Waals surface area (Å²) in [6.45, 7) is 3.75. The van der Waals surface area contributed by atoms with Crippen LogP contribution in [0.4, 0.5) is 4.39 Å². The Kier molecular flexibility index (Phi) is 5.51. The molecule has 0 bridgehead atoms. The van der Waals surface area contributed by atoms with E-state index in [-0.39, 0.29) is 12.4 Å². The van der Waals surface area contributed by atoms with E-state index in [0.717, 1.165) is 32.1 Å². The second kappa shape index (κ2) is 7.60. The molecule has 1 aromatic carbocycles. The van der Waals surface area contributed by atoms with Gasteiger partial charge in [-0.25, -0.2) is 4.39 Å². The molecule has 4 nitrogen and oxygen atoms in total. The average molecular weight is 322 g/mol. The molecule has 128 valence electrons. The monoisotopic (exact) mass is 322 g/mol. The highest BCUT2D eigenvalue weighted by molar-refractivity contribution is 5.29. The quantitative estimate of drug-likeness (QED) is 0.871. The number of ether oxygens (including phenoxy) is 1. The van der Waals surface area contributed by atoms with Crippen molar-refractivity contribution in [3.05, 3.63) is 29.6 Å². The van der Waals surface area contributed by atoms with Crippen molar-refractivity contribution in [1.29, 1.82) is 0 Å². The van der Waals surface area contributed by atoms with E-state index in [4.69, 9.17) is 4.74 Å². The van der Waals surface area contributed by atoms with Crippen molar-refractivity contribution >= 4 is 0 Å². The molecule has 0 unspecified atom stereocenters. The van der Waals surface area contributed by atoms with Crippen molar-refractivity contribution in [3.63, 3.8) is 0 Å². The van der Waals surface area contributed by atoms with E-state index in [0.29, 0.717) is 23.9 Å². The number of aliphatic hydroxyl groups is 1. The molecule has 0 spiro atoms. The Labute approximate surface area is 137 Å². The van der Waals surface area contributed by atoms with E-state index < -0.39 is 0 Å². The van der Waals surface area contributed by atoms with Crippen LogP contribution in [0.1, 0.15) is 31.2 Å². The van der Waals surface area contributed by atoms with Crippen molar-refractivity contribution < 1.29 is 14.2 Å². The molecular formula is C18H27FN2O2. The molecule has 5 heteroatoms. The number of hydrogen-bond acceptors (Lipinski definition) is 4. The fraction of sp³-hybridized carbons (Fsp3) is 0.667. The average Bonchev–Trinajstić information content (AvgIpc) is 2.50. The van der Waals surface area contributed by atoms with Gasteiger partial charge in [0.2, 0.25) is 0 Å². The highest BCUT2D eigenvalue weighted by Gasteiger charge is 2.33. The Bertz CT molecular complexity index is 522. The summed E-state index contributed by atoms with van der Waals surface area (Å²) >= 11 is 0. The highest BCUT2D eigenvalue weighted by Crippen LogP contribution is 2.28. The minimum absolute atomic E-state index is 0.185. The van der Waals surface area contributed by atoms with Gasteiger partial charge in [0.25, 0.3) is 0 Å². The Hall–Kier alpha value is -1.17. The van der Waals surface area contributed by atoms with E-state index in [1.165, 1.54) is 25.3 Å². The van der Waals surface area contributed by atoms with Gasteiger partial charge in [-0.2, -0.15) is 0 Å². The fourth-order valence-electron chi connectivity index (χ4n) is 3.63. The van der Waals surface area contributed by atoms with Crippen LogP contribution < -0.4 is 4.74 Å². The summed E-state index contributed by atoms with van der Waals surface area (Å²) in [5, 5.41) is 9.39. The first-order chi connectivity index (χ1) is 11.2. The van der Waals surface area contributed by atoms with Crippen molar-refractivity contribution in [2.24, 2.45) is 0 Å². The standard InChI is InChI=1S/C18H27FN2O2/c1-23-17-6-5-14(18(19)11-17)12-20-8-9-21(15-3-2-4-15)13-16(20)7-10-22/h5-6,11,15-16,22H,2-4,7-10,12-13H2,1H3/t16-/m0/s1. The maximum absolute atomic E-state index is 14.2. The van der Waals surface area contributed by atoms with Crippen LogP contribution in [0, 0.1) is 5.82 Å². The van der Waals surface area contributed by atoms with Crippen molar-refractivity contribution in [1.82, 2.24) is 9.80 Å². The molecule has 1 saturated carbocycles. The van der Waals surface area contributed by atoms with Crippen LogP contribution >= 0.6 is 0 Å². The lowest BCUT2D eigenvalue weighted by molar-refractivity contribution is 0.0107. The van der Waals surface area contributed by atoms with Gasteiger partial charge in [0.15, 0.2) is 0 Å². The van der Waals surface area contributed by atoms with E-state index in [9.17, 15) is 9.50 Å². The topological polar surface area (TPSA) is 35.9 Å². The third-order valence-electron chi connectivity index (χ3n) is 5.32. The van der Waals surface area contributed by atoms with Gasteiger partial charge < -0.3 is 9.84 Å². The van der Waals surface area contributed by atoms with Crippen LogP contribution in [0.3, 0.4) is 0 Å². The lowest BCUT2D eigenvalue weighted by Crippen LogP contribution is -2.57. The number of benzene rings is 1. The maximum atomic E-state index is 14.2. The summed E-state index contributed by atoms with van der Waals surface area (Å²) < 4.78 is 19.3. The zero-order valence-electron chi connectivity index (χ0n) is 13.9. The van der Waals surface area contributed by atoms with Gasteiger partial charge in [0, 0.05) is 56.5 Å². The molecule has 2 aliphatic rings. The first-order valence-electron chi connectivity index (χ1n) is 8.62. The van der Waals surface area contributed by atoms with Gasteiger partial charge in [0.1, 0.15) is 11.6 Å². The van der Waals surface area contributed by atoms with Crippen LogP contribution in [0.5, 0.6) is 5.75 Å². The van der Waals surface area contributed by atoms with Crippen LogP contribution in [0.25, 0.3) is 0 Å². The maximum Gasteiger partial charge on any atom is 0.131 e. The molecule has 1 aliphatic carbocycles. The normalized spacial score (nSPS) is 23.7. The van der Waals surface area contributed by atoms with Gasteiger partial charge in [-0.15, -0.1) is 0 Å². The number of piperazine rings is 1. The van der Waals surface area contributed by atoms with Gasteiger partial charge in [-0.3, -0.25) is 9.80 Å². The minimum Gasteiger partial charge on any atom is -0.497 e. The largest absolute Gasteiger partial charge is 0.497 e. The molecule has 1 saturated heterocycles. The molecule has 0 radical (unpaired) electrons. The van der Waals surface area contributed by atoms with Crippen LogP contribution in [0.15, 0.2) is 18.2 Å². The van der Waals surface area contributed by atoms with Crippen LogP contribution in [-0.4, -0.2) is 60.3 Å². The Balaban J connectivity index is 1.65. The zero-order valence-corrected chi connectivity index (χ0v) is 13.9. The molecule has 1 aliphatic heterocycles. The Morgan fingerprint density at radius 1 is 1.30 bits per heavy atom. The number of nitrogens with zero attached hydrogens (tertiary/aromatic N) is 2. The van der Waals surface area contributed by atoms with Crippen molar-refractivity contribution in [2.75, 3.05) is 33.4 Å². The minimum atomic E-state index is -0.214. The summed E-state index contributed by atoms with van der Waals surface area (Å²) in [5.41, 5.74) is 0.700. The Morgan fingerprint density at radius 2 is 2.13 bits per heavy atom. The van der Waals surface area contributed by atoms with Crippen LogP contribution in [0.2, 0.25) is 0 Å². The summed E-state index contributed by atoms with van der Waals surface area (Å²) in [6.07, 6.45) is 4.70. The van der Waals surface area contributed by atoms with Gasteiger partial charge in [0.05, 0.1) is 7.11 Å². The van der Waals surface area contributed by atoms with Crippen LogP contribution in [-0.2, 0) is 6.54 Å². The van der Waals surface area contributed by atoms with E-state index >= 15 is 0 Å². The molecule has 3 rings (SSSR count). The summed E-state index contributed by atoms with van der Waals surface area (Å²) in [7, 11) is 1.55. The second-order valence-electron chi connectivity index (χ2n) is 6.67. The molecule has 0 amide bonds. The van der Waals surface area contributed by atoms with Crippen molar-refractivity contribution in [3.8, 4) is 5.75 Å². The predicted molar refractivity (Wildman–Crippen MR) is 88.1 cm³/mol. The molecule has 1 N–H and O–H groups in total. The lowest BCUT2D eigenvalue weighted by Gasteiger charge is -2.47. The zero-order chi connectivity index (χ0) is 16.2. The Morgan fingerprint density at radius 3 is 2.74 bits per heavy atom. The number of rotatable bonds is 6. The first-order valence-corrected chi connectivity index (χ1v) is 8.62. The molecule has 23 heavy (non-hydrogen) atoms. The third-order valence-corrected chi connectivity index (χ3v) is 5.32. The smallest absolute Gasteiger partial charge is 0.131 e. The number of aliphatic hydroxyl groups excluding tert-OH is 1. The molecule has 1 heterocycles. The van der Waals surface area contributed by atoms with Gasteiger partial charge in [-0.05, 0) is 25.3 Å². The number of hydrogen-bond donors (Lipinski definition) is 1. The second-order valence-corrected chi connectivity index (χ2v) is 6.67. The summed E-state index contributed by atoms with van der Waals surface area (Å²) in [4.78, 5) is 4.88. The number of methoxy groups -OCH3 is 1. The summed E-state index contributed by atoms with van der Waals surface area (Å²) in [6, 6.07) is 6.10. The predicted octanol–water partition coefficient (Wildman–Crippen LogP) is 2.26. The highest BCUT2D eigenvalue weighted by atomic mass is 19.1. The SMILES string of the molecule is COc1ccc(CN2CCN(C3CCC3)C[C@@H]2CCO)c(F)c1. The molecule has 2 fully saturated rings.